The van der Waals surface area contributed by atoms with Crippen LogP contribution in [0.15, 0.2) is 65.4 Å². The highest BCUT2D eigenvalue weighted by Gasteiger charge is 2.41. The largest absolute Gasteiger partial charge is 0.332 e. The van der Waals surface area contributed by atoms with Crippen molar-refractivity contribution in [1.29, 1.82) is 0 Å². The van der Waals surface area contributed by atoms with E-state index >= 15 is 0 Å². The summed E-state index contributed by atoms with van der Waals surface area (Å²) in [6.07, 6.45) is 7.37. The highest BCUT2D eigenvalue weighted by Crippen LogP contribution is 2.41. The first kappa shape index (κ1) is 14.0. The highest BCUT2D eigenvalue weighted by molar-refractivity contribution is 6.36. The molecule has 0 spiro atoms. The minimum absolute atomic E-state index is 0.125. The SMILES string of the molecule is CN1CC2=C3C=CCC=C3C(c3ccccc3)CN2C(=O)C1=O. The van der Waals surface area contributed by atoms with Crippen molar-refractivity contribution < 1.29 is 9.59 Å². The molecule has 2 aliphatic heterocycles. The van der Waals surface area contributed by atoms with E-state index in [0.717, 1.165) is 17.7 Å². The van der Waals surface area contributed by atoms with E-state index in [1.54, 1.807) is 11.9 Å². The molecule has 2 amide bonds. The van der Waals surface area contributed by atoms with Crippen LogP contribution in [0.3, 0.4) is 0 Å². The molecule has 23 heavy (non-hydrogen) atoms. The summed E-state index contributed by atoms with van der Waals surface area (Å²) in [5.74, 6) is -0.714. The molecule has 116 valence electrons. The second-order valence-corrected chi connectivity index (χ2v) is 6.20. The molecular formula is C19H18N2O2. The molecule has 0 bridgehead atoms. The maximum absolute atomic E-state index is 12.5. The topological polar surface area (TPSA) is 40.6 Å². The molecule has 4 nitrogen and oxygen atoms in total. The molecule has 1 saturated heterocycles. The zero-order valence-electron chi connectivity index (χ0n) is 13.0. The van der Waals surface area contributed by atoms with Crippen LogP contribution in [0.2, 0.25) is 0 Å². The lowest BCUT2D eigenvalue weighted by atomic mass is 9.79. The minimum Gasteiger partial charge on any atom is -0.332 e. The molecule has 4 heteroatoms. The van der Waals surface area contributed by atoms with Crippen LogP contribution in [-0.4, -0.2) is 41.8 Å². The number of carbonyl (C=O) groups excluding carboxylic acids is 2. The van der Waals surface area contributed by atoms with Crippen molar-refractivity contribution in [3.63, 3.8) is 0 Å². The highest BCUT2D eigenvalue weighted by atomic mass is 16.2. The lowest BCUT2D eigenvalue weighted by Crippen LogP contribution is -2.54. The van der Waals surface area contributed by atoms with E-state index in [2.05, 4.69) is 30.4 Å². The Morgan fingerprint density at radius 2 is 1.87 bits per heavy atom. The molecule has 0 N–H and O–H groups in total. The van der Waals surface area contributed by atoms with Crippen molar-refractivity contribution in [3.05, 3.63) is 71.0 Å². The number of nitrogens with zero attached hydrogens (tertiary/aromatic N) is 2. The first-order chi connectivity index (χ1) is 11.2. The van der Waals surface area contributed by atoms with Gasteiger partial charge in [-0.15, -0.1) is 0 Å². The van der Waals surface area contributed by atoms with E-state index < -0.39 is 11.8 Å². The average molecular weight is 306 g/mol. The maximum atomic E-state index is 12.5. The lowest BCUT2D eigenvalue weighted by molar-refractivity contribution is -0.152. The molecule has 2 heterocycles. The molecule has 4 rings (SSSR count). The van der Waals surface area contributed by atoms with Crippen molar-refractivity contribution in [1.82, 2.24) is 9.80 Å². The van der Waals surface area contributed by atoms with Crippen LogP contribution in [0.1, 0.15) is 17.9 Å². The molecule has 1 aromatic carbocycles. The molecular weight excluding hydrogens is 288 g/mol. The average Bonchev–Trinajstić information content (AvgIpc) is 2.60. The van der Waals surface area contributed by atoms with E-state index in [4.69, 9.17) is 0 Å². The van der Waals surface area contributed by atoms with Gasteiger partial charge in [-0.25, -0.2) is 0 Å². The number of amides is 2. The number of rotatable bonds is 1. The van der Waals surface area contributed by atoms with Crippen LogP contribution in [-0.2, 0) is 9.59 Å². The van der Waals surface area contributed by atoms with E-state index in [0.29, 0.717) is 13.1 Å². The van der Waals surface area contributed by atoms with Gasteiger partial charge < -0.3 is 9.80 Å². The van der Waals surface area contributed by atoms with Crippen molar-refractivity contribution in [2.24, 2.45) is 0 Å². The Hall–Kier alpha value is -2.62. The number of hydrogen-bond donors (Lipinski definition) is 0. The van der Waals surface area contributed by atoms with Gasteiger partial charge in [-0.1, -0.05) is 48.6 Å². The van der Waals surface area contributed by atoms with Gasteiger partial charge in [-0.3, -0.25) is 9.59 Å². The number of hydrogen-bond acceptors (Lipinski definition) is 2. The minimum atomic E-state index is -0.423. The smallest absolute Gasteiger partial charge is 0.316 e. The van der Waals surface area contributed by atoms with Gasteiger partial charge in [0.25, 0.3) is 0 Å². The predicted octanol–water partition coefficient (Wildman–Crippen LogP) is 2.22. The number of allylic oxidation sites excluding steroid dienone is 4. The fourth-order valence-corrected chi connectivity index (χ4v) is 3.64. The van der Waals surface area contributed by atoms with Crippen LogP contribution < -0.4 is 0 Å². The summed E-state index contributed by atoms with van der Waals surface area (Å²) in [5.41, 5.74) is 4.51. The monoisotopic (exact) mass is 306 g/mol. The molecule has 1 aliphatic carbocycles. The van der Waals surface area contributed by atoms with Gasteiger partial charge in [-0.05, 0) is 23.1 Å². The summed E-state index contributed by atoms with van der Waals surface area (Å²) in [6, 6.07) is 10.2. The molecule has 0 radical (unpaired) electrons. The third kappa shape index (κ3) is 2.13. The molecule has 1 unspecified atom stereocenters. The third-order valence-electron chi connectivity index (χ3n) is 4.81. The van der Waals surface area contributed by atoms with Gasteiger partial charge in [0.1, 0.15) is 0 Å². The van der Waals surface area contributed by atoms with Crippen molar-refractivity contribution >= 4 is 11.8 Å². The molecule has 0 saturated carbocycles. The molecule has 1 fully saturated rings. The van der Waals surface area contributed by atoms with Crippen molar-refractivity contribution in [2.45, 2.75) is 12.3 Å². The van der Waals surface area contributed by atoms with E-state index in [9.17, 15) is 9.59 Å². The Balaban J connectivity index is 1.85. The summed E-state index contributed by atoms with van der Waals surface area (Å²) < 4.78 is 0. The first-order valence-electron chi connectivity index (χ1n) is 7.89. The summed E-state index contributed by atoms with van der Waals surface area (Å²) in [5, 5.41) is 0. The summed E-state index contributed by atoms with van der Waals surface area (Å²) >= 11 is 0. The lowest BCUT2D eigenvalue weighted by Gasteiger charge is -2.42. The second kappa shape index (κ2) is 5.23. The number of carbonyl (C=O) groups is 2. The van der Waals surface area contributed by atoms with Crippen LogP contribution in [0.25, 0.3) is 0 Å². The summed E-state index contributed by atoms with van der Waals surface area (Å²) in [6.45, 7) is 1.03. The van der Waals surface area contributed by atoms with Crippen molar-refractivity contribution in [3.8, 4) is 0 Å². The van der Waals surface area contributed by atoms with Crippen LogP contribution in [0.4, 0.5) is 0 Å². The quantitative estimate of drug-likeness (QED) is 0.747. The van der Waals surface area contributed by atoms with Gasteiger partial charge in [0, 0.05) is 25.2 Å². The summed E-state index contributed by atoms with van der Waals surface area (Å²) in [7, 11) is 1.68. The second-order valence-electron chi connectivity index (χ2n) is 6.20. The summed E-state index contributed by atoms with van der Waals surface area (Å²) in [4.78, 5) is 27.7. The van der Waals surface area contributed by atoms with Crippen LogP contribution >= 0.6 is 0 Å². The fourth-order valence-electron chi connectivity index (χ4n) is 3.64. The van der Waals surface area contributed by atoms with Crippen LogP contribution in [0.5, 0.6) is 0 Å². The van der Waals surface area contributed by atoms with Gasteiger partial charge >= 0.3 is 11.8 Å². The number of likely N-dealkylation sites (N-methyl/N-ethyl adjacent to an activating group) is 1. The fraction of sp³-hybridized carbons (Fsp3) is 0.263. The first-order valence-corrected chi connectivity index (χ1v) is 7.89. The number of piperazine rings is 1. The van der Waals surface area contributed by atoms with E-state index in [1.807, 2.05) is 18.2 Å². The molecule has 1 atom stereocenters. The predicted molar refractivity (Wildman–Crippen MR) is 87.4 cm³/mol. The Morgan fingerprint density at radius 3 is 2.65 bits per heavy atom. The number of fused-ring (bicyclic) bond motifs is 2. The van der Waals surface area contributed by atoms with Crippen molar-refractivity contribution in [2.75, 3.05) is 20.1 Å². The molecule has 1 aromatic rings. The van der Waals surface area contributed by atoms with Gasteiger partial charge in [-0.2, -0.15) is 0 Å². The van der Waals surface area contributed by atoms with Crippen LogP contribution in [0, 0.1) is 0 Å². The Labute approximate surface area is 135 Å². The zero-order valence-corrected chi connectivity index (χ0v) is 13.0. The van der Waals surface area contributed by atoms with E-state index in [1.165, 1.54) is 16.0 Å². The van der Waals surface area contributed by atoms with Gasteiger partial charge in [0.15, 0.2) is 0 Å². The van der Waals surface area contributed by atoms with Gasteiger partial charge in [0.2, 0.25) is 0 Å². The standard InChI is InChI=1S/C19H18N2O2/c1-20-12-17-15-10-6-5-9-14(15)16(13-7-3-2-4-8-13)11-21(17)19(23)18(20)22/h2-4,6-10,16H,5,11-12H2,1H3. The maximum Gasteiger partial charge on any atom is 0.316 e. The Kier molecular flexibility index (Phi) is 3.18. The molecule has 3 aliphatic rings. The Morgan fingerprint density at radius 1 is 1.09 bits per heavy atom. The third-order valence-corrected chi connectivity index (χ3v) is 4.81. The Bertz CT molecular complexity index is 774. The zero-order chi connectivity index (χ0) is 16.0. The number of benzene rings is 1. The normalized spacial score (nSPS) is 23.7. The van der Waals surface area contributed by atoms with Gasteiger partial charge in [0.05, 0.1) is 6.54 Å². The van der Waals surface area contributed by atoms with E-state index in [-0.39, 0.29) is 5.92 Å². The molecule has 0 aromatic heterocycles.